The number of ether oxygens (including phenoxy) is 3. The van der Waals surface area contributed by atoms with Crippen LogP contribution in [0, 0.1) is 0 Å². The van der Waals surface area contributed by atoms with Crippen LogP contribution in [-0.2, 0) is 13.2 Å². The molecule has 0 atom stereocenters. The van der Waals surface area contributed by atoms with Crippen LogP contribution >= 0.6 is 0 Å². The minimum absolute atomic E-state index is 0.508. The van der Waals surface area contributed by atoms with Crippen molar-refractivity contribution in [1.29, 1.82) is 0 Å². The van der Waals surface area contributed by atoms with E-state index in [4.69, 9.17) is 14.2 Å². The molecule has 0 aliphatic heterocycles. The van der Waals surface area contributed by atoms with Crippen molar-refractivity contribution in [2.24, 2.45) is 0 Å². The SMILES string of the molecule is CNCc1cccc(COc2cc(OC)cc(OC)c2)c1. The van der Waals surface area contributed by atoms with Crippen LogP contribution in [0.4, 0.5) is 0 Å². The van der Waals surface area contributed by atoms with Gasteiger partial charge in [0.15, 0.2) is 0 Å². The van der Waals surface area contributed by atoms with Crippen molar-refractivity contribution in [1.82, 2.24) is 5.32 Å². The zero-order chi connectivity index (χ0) is 15.1. The van der Waals surface area contributed by atoms with Crippen molar-refractivity contribution in [3.8, 4) is 17.2 Å². The van der Waals surface area contributed by atoms with Crippen molar-refractivity contribution >= 4 is 0 Å². The number of rotatable bonds is 7. The summed E-state index contributed by atoms with van der Waals surface area (Å²) >= 11 is 0. The Morgan fingerprint density at radius 1 is 0.857 bits per heavy atom. The van der Waals surface area contributed by atoms with Crippen molar-refractivity contribution in [3.05, 3.63) is 53.6 Å². The Labute approximate surface area is 125 Å². The average Bonchev–Trinajstić information content (AvgIpc) is 2.53. The summed E-state index contributed by atoms with van der Waals surface area (Å²) in [6.45, 7) is 1.36. The highest BCUT2D eigenvalue weighted by Gasteiger charge is 2.04. The smallest absolute Gasteiger partial charge is 0.127 e. The Hall–Kier alpha value is -2.20. The largest absolute Gasteiger partial charge is 0.496 e. The van der Waals surface area contributed by atoms with Gasteiger partial charge in [0, 0.05) is 24.7 Å². The summed E-state index contributed by atoms with van der Waals surface area (Å²) in [6, 6.07) is 13.8. The number of benzene rings is 2. The summed E-state index contributed by atoms with van der Waals surface area (Å²) in [5, 5.41) is 3.14. The Bertz CT molecular complexity index is 562. The average molecular weight is 287 g/mol. The maximum absolute atomic E-state index is 5.83. The highest BCUT2D eigenvalue weighted by molar-refractivity contribution is 5.42. The molecule has 0 saturated heterocycles. The molecule has 2 aromatic carbocycles. The predicted octanol–water partition coefficient (Wildman–Crippen LogP) is 3.00. The number of nitrogens with one attached hydrogen (secondary N) is 1. The first kappa shape index (κ1) is 15.2. The van der Waals surface area contributed by atoms with Crippen LogP contribution in [0.2, 0.25) is 0 Å². The molecule has 0 bridgehead atoms. The molecular weight excluding hydrogens is 266 g/mol. The van der Waals surface area contributed by atoms with E-state index in [0.717, 1.165) is 17.9 Å². The van der Waals surface area contributed by atoms with E-state index < -0.39 is 0 Å². The molecule has 1 N–H and O–H groups in total. The van der Waals surface area contributed by atoms with Crippen LogP contribution in [0.15, 0.2) is 42.5 Å². The van der Waals surface area contributed by atoms with Gasteiger partial charge in [-0.15, -0.1) is 0 Å². The van der Waals surface area contributed by atoms with Crippen LogP contribution < -0.4 is 19.5 Å². The molecule has 0 aliphatic carbocycles. The van der Waals surface area contributed by atoms with Gasteiger partial charge in [-0.2, -0.15) is 0 Å². The van der Waals surface area contributed by atoms with Gasteiger partial charge in [0.1, 0.15) is 23.9 Å². The molecule has 112 valence electrons. The summed E-state index contributed by atoms with van der Waals surface area (Å²) in [6.07, 6.45) is 0. The van der Waals surface area contributed by atoms with E-state index >= 15 is 0 Å². The summed E-state index contributed by atoms with van der Waals surface area (Å²) in [7, 11) is 5.19. The quantitative estimate of drug-likeness (QED) is 0.850. The second kappa shape index (κ2) is 7.55. The van der Waals surface area contributed by atoms with E-state index in [9.17, 15) is 0 Å². The molecule has 0 fully saturated rings. The van der Waals surface area contributed by atoms with E-state index in [0.29, 0.717) is 18.1 Å². The summed E-state index contributed by atoms with van der Waals surface area (Å²) < 4.78 is 16.3. The van der Waals surface area contributed by atoms with E-state index in [1.165, 1.54) is 5.56 Å². The van der Waals surface area contributed by atoms with Crippen LogP contribution in [-0.4, -0.2) is 21.3 Å². The first-order chi connectivity index (χ1) is 10.2. The molecule has 0 unspecified atom stereocenters. The van der Waals surface area contributed by atoms with Gasteiger partial charge < -0.3 is 19.5 Å². The fourth-order valence-electron chi connectivity index (χ4n) is 2.06. The molecule has 4 nitrogen and oxygen atoms in total. The van der Waals surface area contributed by atoms with Gasteiger partial charge in [-0.3, -0.25) is 0 Å². The van der Waals surface area contributed by atoms with Crippen molar-refractivity contribution in [2.75, 3.05) is 21.3 Å². The van der Waals surface area contributed by atoms with Gasteiger partial charge >= 0.3 is 0 Å². The van der Waals surface area contributed by atoms with Crippen molar-refractivity contribution < 1.29 is 14.2 Å². The fourth-order valence-corrected chi connectivity index (χ4v) is 2.06. The lowest BCUT2D eigenvalue weighted by Gasteiger charge is -2.11. The highest BCUT2D eigenvalue weighted by Crippen LogP contribution is 2.27. The molecule has 21 heavy (non-hydrogen) atoms. The molecular formula is C17H21NO3. The maximum Gasteiger partial charge on any atom is 0.127 e. The Morgan fingerprint density at radius 2 is 1.48 bits per heavy atom. The van der Waals surface area contributed by atoms with Crippen LogP contribution in [0.1, 0.15) is 11.1 Å². The summed E-state index contributed by atoms with van der Waals surface area (Å²) in [4.78, 5) is 0. The first-order valence-electron chi connectivity index (χ1n) is 6.83. The Kier molecular flexibility index (Phi) is 5.46. The zero-order valence-corrected chi connectivity index (χ0v) is 12.7. The first-order valence-corrected chi connectivity index (χ1v) is 6.83. The molecule has 0 aliphatic rings. The van der Waals surface area contributed by atoms with Crippen molar-refractivity contribution in [2.45, 2.75) is 13.2 Å². The number of hydrogen-bond donors (Lipinski definition) is 1. The molecule has 4 heteroatoms. The molecule has 2 rings (SSSR count). The molecule has 0 spiro atoms. The van der Waals surface area contributed by atoms with Crippen LogP contribution in [0.5, 0.6) is 17.2 Å². The normalized spacial score (nSPS) is 10.2. The maximum atomic E-state index is 5.83. The van der Waals surface area contributed by atoms with E-state index in [-0.39, 0.29) is 0 Å². The van der Waals surface area contributed by atoms with E-state index in [1.807, 2.05) is 31.3 Å². The second-order valence-corrected chi connectivity index (χ2v) is 4.69. The third-order valence-electron chi connectivity index (χ3n) is 3.10. The Morgan fingerprint density at radius 3 is 2.10 bits per heavy atom. The fraction of sp³-hybridized carbons (Fsp3) is 0.294. The standard InChI is InChI=1S/C17H21NO3/c1-18-11-13-5-4-6-14(7-13)12-21-17-9-15(19-2)8-16(10-17)20-3/h4-10,18H,11-12H2,1-3H3. The lowest BCUT2D eigenvalue weighted by atomic mass is 10.1. The van der Waals surface area contributed by atoms with Gasteiger partial charge in [-0.1, -0.05) is 24.3 Å². The second-order valence-electron chi connectivity index (χ2n) is 4.69. The predicted molar refractivity (Wildman–Crippen MR) is 83.1 cm³/mol. The lowest BCUT2D eigenvalue weighted by Crippen LogP contribution is -2.05. The summed E-state index contributed by atoms with van der Waals surface area (Å²) in [5.41, 5.74) is 2.37. The number of methoxy groups -OCH3 is 2. The molecule has 2 aromatic rings. The monoisotopic (exact) mass is 287 g/mol. The molecule has 0 radical (unpaired) electrons. The van der Waals surface area contributed by atoms with Crippen LogP contribution in [0.25, 0.3) is 0 Å². The van der Waals surface area contributed by atoms with Crippen molar-refractivity contribution in [3.63, 3.8) is 0 Å². The number of hydrogen-bond acceptors (Lipinski definition) is 4. The van der Waals surface area contributed by atoms with Gasteiger partial charge in [0.2, 0.25) is 0 Å². The Balaban J connectivity index is 2.07. The molecule has 0 saturated carbocycles. The molecule has 0 amide bonds. The third-order valence-corrected chi connectivity index (χ3v) is 3.10. The van der Waals surface area contributed by atoms with E-state index in [1.54, 1.807) is 14.2 Å². The van der Waals surface area contributed by atoms with Gasteiger partial charge in [-0.25, -0.2) is 0 Å². The zero-order valence-electron chi connectivity index (χ0n) is 12.7. The molecule has 0 aromatic heterocycles. The topological polar surface area (TPSA) is 39.7 Å². The minimum Gasteiger partial charge on any atom is -0.496 e. The minimum atomic E-state index is 0.508. The van der Waals surface area contributed by atoms with Gasteiger partial charge in [0.25, 0.3) is 0 Å². The third kappa shape index (κ3) is 4.39. The van der Waals surface area contributed by atoms with Gasteiger partial charge in [-0.05, 0) is 18.2 Å². The van der Waals surface area contributed by atoms with Gasteiger partial charge in [0.05, 0.1) is 14.2 Å². The lowest BCUT2D eigenvalue weighted by molar-refractivity contribution is 0.300. The highest BCUT2D eigenvalue weighted by atomic mass is 16.5. The molecule has 0 heterocycles. The van der Waals surface area contributed by atoms with Crippen LogP contribution in [0.3, 0.4) is 0 Å². The summed E-state index contributed by atoms with van der Waals surface area (Å²) in [5.74, 6) is 2.16. The van der Waals surface area contributed by atoms with E-state index in [2.05, 4.69) is 23.5 Å².